The zero-order valence-electron chi connectivity index (χ0n) is 12.2. The Morgan fingerprint density at radius 1 is 1.05 bits per heavy atom. The predicted octanol–water partition coefficient (Wildman–Crippen LogP) is 0.670. The molecule has 0 unspecified atom stereocenters. The van der Waals surface area contributed by atoms with Gasteiger partial charge in [-0.15, -0.1) is 0 Å². The number of aliphatic hydroxyl groups excluding tert-OH is 3. The van der Waals surface area contributed by atoms with E-state index < -0.39 is 37.2 Å². The summed E-state index contributed by atoms with van der Waals surface area (Å²) in [6, 6.07) is 8.07. The molecule has 0 aliphatic heterocycles. The van der Waals surface area contributed by atoms with Crippen molar-refractivity contribution in [2.24, 2.45) is 5.41 Å². The van der Waals surface area contributed by atoms with Crippen molar-refractivity contribution >= 4 is 11.9 Å². The van der Waals surface area contributed by atoms with Crippen molar-refractivity contribution in [3.63, 3.8) is 0 Å². The van der Waals surface area contributed by atoms with Crippen molar-refractivity contribution in [1.82, 2.24) is 0 Å². The fourth-order valence-corrected chi connectivity index (χ4v) is 1.69. The Hall–Kier alpha value is -2.02. The van der Waals surface area contributed by atoms with Crippen LogP contribution in [-0.2, 0) is 9.53 Å². The van der Waals surface area contributed by atoms with E-state index in [1.807, 2.05) is 0 Å². The van der Waals surface area contributed by atoms with Gasteiger partial charge in [-0.1, -0.05) is 24.8 Å². The van der Waals surface area contributed by atoms with Crippen LogP contribution in [0.4, 0.5) is 0 Å². The molecule has 0 atom stereocenters. The van der Waals surface area contributed by atoms with Gasteiger partial charge in [-0.05, 0) is 25.0 Å². The van der Waals surface area contributed by atoms with Gasteiger partial charge in [0.05, 0.1) is 25.4 Å². The Morgan fingerprint density at radius 2 is 1.59 bits per heavy atom. The van der Waals surface area contributed by atoms with Crippen molar-refractivity contribution in [1.29, 1.82) is 0 Å². The van der Waals surface area contributed by atoms with Crippen LogP contribution in [-0.4, -0.2) is 47.1 Å². The second kappa shape index (κ2) is 8.43. The van der Waals surface area contributed by atoms with Gasteiger partial charge in [0.25, 0.3) is 0 Å². The largest absolute Gasteiger partial charge is 0.396 e. The molecular weight excluding hydrogens is 288 g/mol. The molecule has 6 heteroatoms. The van der Waals surface area contributed by atoms with Crippen molar-refractivity contribution in [3.8, 4) is 0 Å². The van der Waals surface area contributed by atoms with Crippen LogP contribution in [0.3, 0.4) is 0 Å². The van der Waals surface area contributed by atoms with Crippen LogP contribution in [0, 0.1) is 5.41 Å². The molecule has 0 fully saturated rings. The first kappa shape index (κ1) is 18.0. The van der Waals surface area contributed by atoms with Crippen LogP contribution in [0.5, 0.6) is 0 Å². The number of hydrogen-bond acceptors (Lipinski definition) is 6. The van der Waals surface area contributed by atoms with Crippen LogP contribution in [0.1, 0.15) is 23.2 Å². The summed E-state index contributed by atoms with van der Waals surface area (Å²) in [5, 5.41) is 27.6. The summed E-state index contributed by atoms with van der Waals surface area (Å²) in [5.41, 5.74) is -0.810. The number of carbonyl (C=O) groups excluding carboxylic acids is 2. The number of rotatable bonds is 8. The first-order valence-corrected chi connectivity index (χ1v) is 6.80. The Bertz CT molecular complexity index is 510. The van der Waals surface area contributed by atoms with Gasteiger partial charge in [0.15, 0.2) is 0 Å². The first-order valence-electron chi connectivity index (χ1n) is 6.80. The third-order valence-corrected chi connectivity index (χ3v) is 3.45. The van der Waals surface area contributed by atoms with Gasteiger partial charge in [0.2, 0.25) is 0 Å². The summed E-state index contributed by atoms with van der Waals surface area (Å²) >= 11 is 0. The lowest BCUT2D eigenvalue weighted by Gasteiger charge is -2.27. The summed E-state index contributed by atoms with van der Waals surface area (Å²) in [5.74, 6) is -1.64. The standard InChI is InChI=1S/C16H20O6/c1-12(7-8-16(9-17,10-18)11-19)14(20)22-15(21)13-5-3-2-4-6-13/h2-6,17-19H,1,7-11H2. The van der Waals surface area contributed by atoms with Crippen molar-refractivity contribution in [3.05, 3.63) is 48.0 Å². The van der Waals surface area contributed by atoms with E-state index in [2.05, 4.69) is 6.58 Å². The lowest BCUT2D eigenvalue weighted by molar-refractivity contribution is -0.133. The molecule has 0 aromatic heterocycles. The molecule has 0 spiro atoms. The topological polar surface area (TPSA) is 104 Å². The van der Waals surface area contributed by atoms with Gasteiger partial charge in [-0.3, -0.25) is 0 Å². The number of benzene rings is 1. The predicted molar refractivity (Wildman–Crippen MR) is 78.9 cm³/mol. The van der Waals surface area contributed by atoms with E-state index >= 15 is 0 Å². The third kappa shape index (κ3) is 4.77. The molecule has 1 aromatic carbocycles. The Labute approximate surface area is 128 Å². The van der Waals surface area contributed by atoms with E-state index in [0.29, 0.717) is 0 Å². The van der Waals surface area contributed by atoms with E-state index in [4.69, 9.17) is 4.74 Å². The molecule has 1 rings (SSSR count). The zero-order valence-corrected chi connectivity index (χ0v) is 12.2. The van der Waals surface area contributed by atoms with Gasteiger partial charge >= 0.3 is 11.9 Å². The second-order valence-electron chi connectivity index (χ2n) is 5.12. The molecule has 0 aliphatic carbocycles. The molecule has 1 aromatic rings. The molecule has 22 heavy (non-hydrogen) atoms. The fourth-order valence-electron chi connectivity index (χ4n) is 1.69. The zero-order chi connectivity index (χ0) is 16.6. The summed E-state index contributed by atoms with van der Waals surface area (Å²) in [6.07, 6.45) is 0.229. The molecule has 3 N–H and O–H groups in total. The lowest BCUT2D eigenvalue weighted by atomic mass is 9.84. The molecule has 6 nitrogen and oxygen atoms in total. The van der Waals surface area contributed by atoms with Crippen LogP contribution < -0.4 is 0 Å². The first-order chi connectivity index (χ1) is 10.5. The van der Waals surface area contributed by atoms with Gasteiger partial charge in [-0.2, -0.15) is 0 Å². The molecule has 0 aliphatic rings. The number of hydrogen-bond donors (Lipinski definition) is 3. The van der Waals surface area contributed by atoms with E-state index in [1.54, 1.807) is 18.2 Å². The molecular formula is C16H20O6. The van der Waals surface area contributed by atoms with Crippen LogP contribution in [0.15, 0.2) is 42.5 Å². The molecule has 120 valence electrons. The van der Waals surface area contributed by atoms with E-state index in [0.717, 1.165) is 0 Å². The highest BCUT2D eigenvalue weighted by Gasteiger charge is 2.29. The average Bonchev–Trinajstić information content (AvgIpc) is 2.57. The molecule has 0 bridgehead atoms. The highest BCUT2D eigenvalue weighted by molar-refractivity contribution is 6.01. The monoisotopic (exact) mass is 308 g/mol. The molecule has 0 heterocycles. The summed E-state index contributed by atoms with van der Waals surface area (Å²) < 4.78 is 4.70. The SMILES string of the molecule is C=C(CCC(CO)(CO)CO)C(=O)OC(=O)c1ccccc1. The normalized spacial score (nSPS) is 11.0. The fraction of sp³-hybridized carbons (Fsp3) is 0.375. The Morgan fingerprint density at radius 3 is 2.09 bits per heavy atom. The second-order valence-corrected chi connectivity index (χ2v) is 5.12. The number of ether oxygens (including phenoxy) is 1. The number of aliphatic hydroxyl groups is 3. The number of carbonyl (C=O) groups is 2. The van der Waals surface area contributed by atoms with Gasteiger partial charge in [-0.25, -0.2) is 9.59 Å². The Balaban J connectivity index is 2.56. The summed E-state index contributed by atoms with van der Waals surface area (Å²) in [4.78, 5) is 23.5. The summed E-state index contributed by atoms with van der Waals surface area (Å²) in [6.45, 7) is 2.26. The highest BCUT2D eigenvalue weighted by atomic mass is 16.6. The summed E-state index contributed by atoms with van der Waals surface area (Å²) in [7, 11) is 0. The van der Waals surface area contributed by atoms with E-state index in [9.17, 15) is 24.9 Å². The van der Waals surface area contributed by atoms with E-state index in [-0.39, 0.29) is 24.0 Å². The maximum absolute atomic E-state index is 11.8. The lowest BCUT2D eigenvalue weighted by Crippen LogP contribution is -2.34. The van der Waals surface area contributed by atoms with Crippen molar-refractivity contribution in [2.75, 3.05) is 19.8 Å². The van der Waals surface area contributed by atoms with E-state index in [1.165, 1.54) is 12.1 Å². The van der Waals surface area contributed by atoms with Crippen LogP contribution >= 0.6 is 0 Å². The van der Waals surface area contributed by atoms with Crippen molar-refractivity contribution in [2.45, 2.75) is 12.8 Å². The highest BCUT2D eigenvalue weighted by Crippen LogP contribution is 2.24. The molecule has 0 saturated carbocycles. The maximum atomic E-state index is 11.8. The van der Waals surface area contributed by atoms with Crippen molar-refractivity contribution < 1.29 is 29.6 Å². The van der Waals surface area contributed by atoms with Gasteiger partial charge < -0.3 is 20.1 Å². The minimum absolute atomic E-state index is 0.0315. The maximum Gasteiger partial charge on any atom is 0.346 e. The number of esters is 2. The minimum atomic E-state index is -1.09. The molecule has 0 saturated heterocycles. The average molecular weight is 308 g/mol. The quantitative estimate of drug-likeness (QED) is 0.370. The molecule has 0 radical (unpaired) electrons. The third-order valence-electron chi connectivity index (χ3n) is 3.45. The van der Waals surface area contributed by atoms with Gasteiger partial charge in [0, 0.05) is 11.0 Å². The minimum Gasteiger partial charge on any atom is -0.396 e. The smallest absolute Gasteiger partial charge is 0.346 e. The molecule has 0 amide bonds. The van der Waals surface area contributed by atoms with Crippen LogP contribution in [0.25, 0.3) is 0 Å². The Kier molecular flexibility index (Phi) is 6.91. The van der Waals surface area contributed by atoms with Gasteiger partial charge in [0.1, 0.15) is 0 Å². The van der Waals surface area contributed by atoms with Crippen LogP contribution in [0.2, 0.25) is 0 Å².